The summed E-state index contributed by atoms with van der Waals surface area (Å²) in [6.45, 7) is 0. The van der Waals surface area contributed by atoms with Crippen molar-refractivity contribution < 1.29 is 4.79 Å². The number of aromatic nitrogens is 2. The molecule has 0 atom stereocenters. The molecule has 0 fully saturated rings. The Bertz CT molecular complexity index is 1120. The lowest BCUT2D eigenvalue weighted by Gasteiger charge is -2.09. The third kappa shape index (κ3) is 2.18. The number of hydrogen-bond acceptors (Lipinski definition) is 3. The number of halogens is 1. The van der Waals surface area contributed by atoms with Crippen LogP contribution in [0.3, 0.4) is 0 Å². The molecule has 4 rings (SSSR count). The topological polar surface area (TPSA) is 97.8 Å². The highest BCUT2D eigenvalue weighted by molar-refractivity contribution is 6.31. The van der Waals surface area contributed by atoms with E-state index in [2.05, 4.69) is 9.97 Å². The number of anilines is 1. The molecule has 2 heterocycles. The molecule has 24 heavy (non-hydrogen) atoms. The minimum atomic E-state index is -0.593. The molecule has 0 saturated heterocycles. The first-order valence-corrected chi connectivity index (χ1v) is 7.69. The number of rotatable bonds is 2. The number of carbonyl (C=O) groups excluding carboxylic acids is 1. The van der Waals surface area contributed by atoms with Gasteiger partial charge < -0.3 is 16.5 Å². The number of nitrogens with one attached hydrogen (secondary N) is 1. The fourth-order valence-electron chi connectivity index (χ4n) is 2.90. The highest BCUT2D eigenvalue weighted by Crippen LogP contribution is 2.35. The maximum atomic E-state index is 11.7. The SMILES string of the molecule is NC(=O)c1cc2c([nH]c3ccccc32)c(-c2cc(Cl)ccc2N)n1. The second kappa shape index (κ2) is 5.25. The lowest BCUT2D eigenvalue weighted by atomic mass is 10.0. The molecule has 5 nitrogen and oxygen atoms in total. The summed E-state index contributed by atoms with van der Waals surface area (Å²) >= 11 is 6.11. The van der Waals surface area contributed by atoms with Crippen molar-refractivity contribution in [2.45, 2.75) is 0 Å². The number of benzene rings is 2. The molecule has 6 heteroatoms. The molecule has 2 aromatic carbocycles. The van der Waals surface area contributed by atoms with E-state index in [1.165, 1.54) is 0 Å². The molecule has 4 aromatic rings. The fourth-order valence-corrected chi connectivity index (χ4v) is 3.07. The zero-order valence-electron chi connectivity index (χ0n) is 12.5. The number of nitrogens with two attached hydrogens (primary N) is 2. The van der Waals surface area contributed by atoms with Gasteiger partial charge >= 0.3 is 0 Å². The van der Waals surface area contributed by atoms with Gasteiger partial charge in [0.25, 0.3) is 5.91 Å². The number of amides is 1. The number of H-pyrrole nitrogens is 1. The van der Waals surface area contributed by atoms with Crippen molar-refractivity contribution in [3.63, 3.8) is 0 Å². The Hall–Kier alpha value is -3.05. The summed E-state index contributed by atoms with van der Waals surface area (Å²) in [5.74, 6) is -0.593. The number of nitrogen functional groups attached to an aromatic ring is 1. The van der Waals surface area contributed by atoms with Gasteiger partial charge in [-0.05, 0) is 30.3 Å². The monoisotopic (exact) mass is 336 g/mol. The molecule has 1 amide bonds. The van der Waals surface area contributed by atoms with E-state index in [9.17, 15) is 4.79 Å². The maximum Gasteiger partial charge on any atom is 0.267 e. The fraction of sp³-hybridized carbons (Fsp3) is 0. The average molecular weight is 337 g/mol. The summed E-state index contributed by atoms with van der Waals surface area (Å²) in [5.41, 5.74) is 15.2. The first-order valence-electron chi connectivity index (χ1n) is 7.31. The van der Waals surface area contributed by atoms with Crippen LogP contribution in [-0.2, 0) is 0 Å². The quantitative estimate of drug-likeness (QED) is 0.486. The predicted octanol–water partition coefficient (Wildman–Crippen LogP) is 3.72. The molecule has 0 bridgehead atoms. The van der Waals surface area contributed by atoms with Gasteiger partial charge in [-0.2, -0.15) is 0 Å². The largest absolute Gasteiger partial charge is 0.398 e. The van der Waals surface area contributed by atoms with Crippen molar-refractivity contribution in [1.82, 2.24) is 9.97 Å². The first-order chi connectivity index (χ1) is 11.5. The number of primary amides is 1. The van der Waals surface area contributed by atoms with Gasteiger partial charge in [-0.3, -0.25) is 4.79 Å². The van der Waals surface area contributed by atoms with E-state index >= 15 is 0 Å². The number of para-hydroxylation sites is 1. The van der Waals surface area contributed by atoms with Gasteiger partial charge in [0.2, 0.25) is 0 Å². The molecule has 0 aliphatic heterocycles. The van der Waals surface area contributed by atoms with Crippen molar-refractivity contribution in [1.29, 1.82) is 0 Å². The number of hydrogen-bond donors (Lipinski definition) is 3. The molecule has 0 aliphatic rings. The lowest BCUT2D eigenvalue weighted by Crippen LogP contribution is -2.13. The number of fused-ring (bicyclic) bond motifs is 3. The number of aromatic amines is 1. The van der Waals surface area contributed by atoms with Crippen LogP contribution in [0.5, 0.6) is 0 Å². The summed E-state index contributed by atoms with van der Waals surface area (Å²) < 4.78 is 0. The Labute approximate surface area is 142 Å². The molecule has 5 N–H and O–H groups in total. The summed E-state index contributed by atoms with van der Waals surface area (Å²) in [6.07, 6.45) is 0. The second-order valence-electron chi connectivity index (χ2n) is 5.55. The highest BCUT2D eigenvalue weighted by atomic mass is 35.5. The van der Waals surface area contributed by atoms with Crippen molar-refractivity contribution in [2.24, 2.45) is 5.73 Å². The van der Waals surface area contributed by atoms with Gasteiger partial charge in [0.1, 0.15) is 5.69 Å². The van der Waals surface area contributed by atoms with Crippen LogP contribution in [0.25, 0.3) is 33.1 Å². The van der Waals surface area contributed by atoms with Crippen LogP contribution >= 0.6 is 11.6 Å². The molecular weight excluding hydrogens is 324 g/mol. The number of nitrogens with zero attached hydrogens (tertiary/aromatic N) is 1. The maximum absolute atomic E-state index is 11.7. The van der Waals surface area contributed by atoms with Crippen LogP contribution in [0.15, 0.2) is 48.5 Å². The minimum Gasteiger partial charge on any atom is -0.398 e. The van der Waals surface area contributed by atoms with E-state index < -0.39 is 5.91 Å². The first kappa shape index (κ1) is 14.5. The Morgan fingerprint density at radius 1 is 1.08 bits per heavy atom. The van der Waals surface area contributed by atoms with Crippen LogP contribution in [0.2, 0.25) is 5.02 Å². The Balaban J connectivity index is 2.17. The third-order valence-electron chi connectivity index (χ3n) is 4.02. The van der Waals surface area contributed by atoms with Crippen LogP contribution in [0, 0.1) is 0 Å². The van der Waals surface area contributed by atoms with Gasteiger partial charge in [-0.25, -0.2) is 4.98 Å². The number of pyridine rings is 1. The molecule has 0 spiro atoms. The van der Waals surface area contributed by atoms with Gasteiger partial charge in [0.05, 0.1) is 11.2 Å². The second-order valence-corrected chi connectivity index (χ2v) is 5.98. The summed E-state index contributed by atoms with van der Waals surface area (Å²) in [7, 11) is 0. The Kier molecular flexibility index (Phi) is 3.18. The third-order valence-corrected chi connectivity index (χ3v) is 4.25. The predicted molar refractivity (Wildman–Crippen MR) is 97.0 cm³/mol. The average Bonchev–Trinajstić information content (AvgIpc) is 2.95. The summed E-state index contributed by atoms with van der Waals surface area (Å²) in [4.78, 5) is 19.5. The highest BCUT2D eigenvalue weighted by Gasteiger charge is 2.17. The summed E-state index contributed by atoms with van der Waals surface area (Å²) in [5, 5.41) is 2.39. The smallest absolute Gasteiger partial charge is 0.267 e. The van der Waals surface area contributed by atoms with E-state index in [4.69, 9.17) is 23.1 Å². The van der Waals surface area contributed by atoms with Crippen LogP contribution in [0.4, 0.5) is 5.69 Å². The van der Waals surface area contributed by atoms with E-state index in [0.717, 1.165) is 21.8 Å². The molecule has 0 saturated carbocycles. The molecule has 2 aromatic heterocycles. The van der Waals surface area contributed by atoms with Gasteiger partial charge in [-0.15, -0.1) is 0 Å². The van der Waals surface area contributed by atoms with E-state index in [1.54, 1.807) is 24.3 Å². The Morgan fingerprint density at radius 2 is 1.88 bits per heavy atom. The standard InChI is InChI=1S/C18H13ClN4O/c19-9-5-6-13(20)12(7-9)17-16-11(8-15(23-17)18(21)24)10-3-1-2-4-14(10)22-16/h1-8,22H,20H2,(H2,21,24). The van der Waals surface area contributed by atoms with Gasteiger partial charge in [-0.1, -0.05) is 29.8 Å². The molecule has 0 unspecified atom stereocenters. The zero-order chi connectivity index (χ0) is 16.8. The van der Waals surface area contributed by atoms with E-state index in [0.29, 0.717) is 22.0 Å². The molecular formula is C18H13ClN4O. The normalized spacial score (nSPS) is 11.2. The van der Waals surface area contributed by atoms with Crippen molar-refractivity contribution >= 4 is 45.0 Å². The van der Waals surface area contributed by atoms with Gasteiger partial charge in [0.15, 0.2) is 0 Å². The van der Waals surface area contributed by atoms with Crippen LogP contribution < -0.4 is 11.5 Å². The van der Waals surface area contributed by atoms with Crippen molar-refractivity contribution in [3.05, 3.63) is 59.2 Å². The number of carbonyl (C=O) groups is 1. The van der Waals surface area contributed by atoms with Crippen LogP contribution in [0.1, 0.15) is 10.5 Å². The summed E-state index contributed by atoms with van der Waals surface area (Å²) in [6, 6.07) is 14.7. The minimum absolute atomic E-state index is 0.182. The van der Waals surface area contributed by atoms with Crippen molar-refractivity contribution in [3.8, 4) is 11.3 Å². The lowest BCUT2D eigenvalue weighted by molar-refractivity contribution is 0.0996. The van der Waals surface area contributed by atoms with Crippen molar-refractivity contribution in [2.75, 3.05) is 5.73 Å². The zero-order valence-corrected chi connectivity index (χ0v) is 13.3. The van der Waals surface area contributed by atoms with E-state index in [-0.39, 0.29) is 5.69 Å². The molecule has 0 aliphatic carbocycles. The Morgan fingerprint density at radius 3 is 2.67 bits per heavy atom. The van der Waals surface area contributed by atoms with Crippen LogP contribution in [-0.4, -0.2) is 15.9 Å². The molecule has 118 valence electrons. The van der Waals surface area contributed by atoms with E-state index in [1.807, 2.05) is 24.3 Å². The van der Waals surface area contributed by atoms with Gasteiger partial charge in [0, 0.05) is 32.6 Å². The molecule has 0 radical (unpaired) electrons.